The Bertz CT molecular complexity index is 1180. The molecule has 1 fully saturated rings. The number of thioether (sulfide) groups is 1. The molecule has 4 nitrogen and oxygen atoms in total. The predicted molar refractivity (Wildman–Crippen MR) is 118 cm³/mol. The summed E-state index contributed by atoms with van der Waals surface area (Å²) in [5, 5.41) is 2.53. The van der Waals surface area contributed by atoms with Crippen molar-refractivity contribution in [2.75, 3.05) is 7.11 Å². The molecular weight excluding hydrogens is 429 g/mol. The molecule has 146 valence electrons. The van der Waals surface area contributed by atoms with Crippen LogP contribution in [-0.2, 0) is 11.3 Å². The molecule has 0 aliphatic carbocycles. The highest BCUT2D eigenvalue weighted by atomic mass is 35.5. The minimum absolute atomic E-state index is 0.0880. The van der Waals surface area contributed by atoms with Gasteiger partial charge in [-0.15, -0.1) is 0 Å². The number of imide groups is 1. The number of amides is 2. The lowest BCUT2D eigenvalue weighted by Gasteiger charge is -2.14. The summed E-state index contributed by atoms with van der Waals surface area (Å²) in [7, 11) is 1.58. The topological polar surface area (TPSA) is 46.6 Å². The van der Waals surface area contributed by atoms with Gasteiger partial charge in [-0.1, -0.05) is 59.6 Å². The minimum Gasteiger partial charge on any atom is -0.496 e. The molecule has 2 amide bonds. The monoisotopic (exact) mass is 443 g/mol. The van der Waals surface area contributed by atoms with E-state index in [9.17, 15) is 9.59 Å². The molecule has 0 saturated carbocycles. The van der Waals surface area contributed by atoms with Crippen molar-refractivity contribution >= 4 is 63.0 Å². The number of halogens is 2. The highest BCUT2D eigenvalue weighted by molar-refractivity contribution is 8.18. The summed E-state index contributed by atoms with van der Waals surface area (Å²) < 4.78 is 5.48. The average molecular weight is 444 g/mol. The number of ether oxygens (including phenoxy) is 1. The molecule has 0 atom stereocenters. The highest BCUT2D eigenvalue weighted by Gasteiger charge is 2.35. The summed E-state index contributed by atoms with van der Waals surface area (Å²) in [5.74, 6) is 0.275. The quantitative estimate of drug-likeness (QED) is 0.438. The van der Waals surface area contributed by atoms with E-state index in [-0.39, 0.29) is 17.7 Å². The molecule has 0 bridgehead atoms. The number of carbonyl (C=O) groups excluding carboxylic acids is 2. The zero-order chi connectivity index (χ0) is 20.5. The molecule has 3 aromatic rings. The molecule has 1 aliphatic heterocycles. The van der Waals surface area contributed by atoms with Crippen LogP contribution in [-0.4, -0.2) is 23.2 Å². The van der Waals surface area contributed by atoms with Gasteiger partial charge in [0.25, 0.3) is 11.1 Å². The van der Waals surface area contributed by atoms with E-state index >= 15 is 0 Å². The van der Waals surface area contributed by atoms with Gasteiger partial charge >= 0.3 is 0 Å². The first-order valence-corrected chi connectivity index (χ1v) is 10.3. The third kappa shape index (κ3) is 3.86. The van der Waals surface area contributed by atoms with Gasteiger partial charge in [0.05, 0.1) is 18.6 Å². The molecule has 1 saturated heterocycles. The van der Waals surface area contributed by atoms with Crippen molar-refractivity contribution in [3.8, 4) is 5.75 Å². The molecule has 1 heterocycles. The highest BCUT2D eigenvalue weighted by Crippen LogP contribution is 2.37. The van der Waals surface area contributed by atoms with Crippen molar-refractivity contribution in [3.63, 3.8) is 0 Å². The maximum Gasteiger partial charge on any atom is 0.293 e. The van der Waals surface area contributed by atoms with E-state index in [1.807, 2.05) is 36.4 Å². The Kier molecular flexibility index (Phi) is 5.54. The standard InChI is InChI=1S/C22H15Cl2NO3S/c1-28-19-9-7-13-4-2-3-5-16(13)17(19)11-20-21(26)25(22(27)29-20)12-14-6-8-15(23)10-18(14)24/h2-11H,12H2,1H3/b20-11+. The summed E-state index contributed by atoms with van der Waals surface area (Å²) in [5.41, 5.74) is 1.42. The Balaban J connectivity index is 1.70. The Morgan fingerprint density at radius 3 is 2.62 bits per heavy atom. The van der Waals surface area contributed by atoms with E-state index in [4.69, 9.17) is 27.9 Å². The van der Waals surface area contributed by atoms with Crippen molar-refractivity contribution in [2.45, 2.75) is 6.54 Å². The van der Waals surface area contributed by atoms with Gasteiger partial charge in [-0.2, -0.15) is 0 Å². The molecule has 3 aromatic carbocycles. The van der Waals surface area contributed by atoms with Crippen LogP contribution in [0.3, 0.4) is 0 Å². The number of carbonyl (C=O) groups is 2. The molecule has 7 heteroatoms. The second-order valence-corrected chi connectivity index (χ2v) is 8.24. The Hall–Kier alpha value is -2.47. The maximum absolute atomic E-state index is 12.9. The van der Waals surface area contributed by atoms with Gasteiger partial charge in [-0.25, -0.2) is 0 Å². The third-order valence-corrected chi connectivity index (χ3v) is 6.14. The van der Waals surface area contributed by atoms with Crippen molar-refractivity contribution < 1.29 is 14.3 Å². The summed E-state index contributed by atoms with van der Waals surface area (Å²) in [6, 6.07) is 16.6. The van der Waals surface area contributed by atoms with Crippen LogP contribution < -0.4 is 4.74 Å². The van der Waals surface area contributed by atoms with Crippen molar-refractivity contribution in [1.82, 2.24) is 4.90 Å². The van der Waals surface area contributed by atoms with Crippen molar-refractivity contribution in [2.24, 2.45) is 0 Å². The van der Waals surface area contributed by atoms with Gasteiger partial charge in [0.1, 0.15) is 5.75 Å². The average Bonchev–Trinajstić information content (AvgIpc) is 2.97. The lowest BCUT2D eigenvalue weighted by Crippen LogP contribution is -2.27. The lowest BCUT2D eigenvalue weighted by molar-refractivity contribution is -0.123. The largest absolute Gasteiger partial charge is 0.496 e. The van der Waals surface area contributed by atoms with E-state index < -0.39 is 0 Å². The fraction of sp³-hybridized carbons (Fsp3) is 0.0909. The summed E-state index contributed by atoms with van der Waals surface area (Å²) in [6.45, 7) is 0.0880. The molecule has 0 radical (unpaired) electrons. The predicted octanol–water partition coefficient (Wildman–Crippen LogP) is 6.39. The first kappa shape index (κ1) is 19.8. The van der Waals surface area contributed by atoms with Crippen LogP contribution in [0.4, 0.5) is 4.79 Å². The van der Waals surface area contributed by atoms with Gasteiger partial charge in [-0.3, -0.25) is 14.5 Å². The second kappa shape index (κ2) is 8.11. The van der Waals surface area contributed by atoms with Crippen LogP contribution in [0.15, 0.2) is 59.5 Å². The van der Waals surface area contributed by atoms with E-state index in [0.717, 1.165) is 28.1 Å². The number of benzene rings is 3. The van der Waals surface area contributed by atoms with E-state index in [2.05, 4.69) is 0 Å². The normalized spacial score (nSPS) is 15.6. The van der Waals surface area contributed by atoms with E-state index in [1.54, 1.807) is 31.4 Å². The van der Waals surface area contributed by atoms with E-state index in [1.165, 1.54) is 4.90 Å². The van der Waals surface area contributed by atoms with Gasteiger partial charge in [0.15, 0.2) is 0 Å². The number of rotatable bonds is 4. The maximum atomic E-state index is 12.9. The summed E-state index contributed by atoms with van der Waals surface area (Å²) in [4.78, 5) is 27.0. The molecule has 4 rings (SSSR count). The van der Waals surface area contributed by atoms with Crippen LogP contribution in [0.25, 0.3) is 16.8 Å². The fourth-order valence-electron chi connectivity index (χ4n) is 3.19. The summed E-state index contributed by atoms with van der Waals surface area (Å²) >= 11 is 13.0. The van der Waals surface area contributed by atoms with Gasteiger partial charge < -0.3 is 4.74 Å². The van der Waals surface area contributed by atoms with E-state index in [0.29, 0.717) is 26.3 Å². The molecule has 1 aliphatic rings. The van der Waals surface area contributed by atoms with Crippen LogP contribution in [0, 0.1) is 0 Å². The SMILES string of the molecule is COc1ccc2ccccc2c1/C=C1/SC(=O)N(Cc2ccc(Cl)cc2Cl)C1=O. The molecule has 0 aromatic heterocycles. The Morgan fingerprint density at radius 2 is 1.86 bits per heavy atom. The zero-order valence-corrected chi connectivity index (χ0v) is 17.6. The van der Waals surface area contributed by atoms with Crippen LogP contribution >= 0.6 is 35.0 Å². The number of hydrogen-bond acceptors (Lipinski definition) is 4. The first-order chi connectivity index (χ1) is 14.0. The molecule has 0 unspecified atom stereocenters. The molecule has 0 spiro atoms. The zero-order valence-electron chi connectivity index (χ0n) is 15.3. The molecular formula is C22H15Cl2NO3S. The lowest BCUT2D eigenvalue weighted by atomic mass is 10.0. The molecule has 29 heavy (non-hydrogen) atoms. The fourth-order valence-corrected chi connectivity index (χ4v) is 4.48. The van der Waals surface area contributed by atoms with Crippen LogP contribution in [0.1, 0.15) is 11.1 Å². The van der Waals surface area contributed by atoms with Crippen molar-refractivity contribution in [1.29, 1.82) is 0 Å². The van der Waals surface area contributed by atoms with Crippen LogP contribution in [0.5, 0.6) is 5.75 Å². The van der Waals surface area contributed by atoms with Gasteiger partial charge in [0.2, 0.25) is 0 Å². The Morgan fingerprint density at radius 1 is 1.07 bits per heavy atom. The molecule has 0 N–H and O–H groups in total. The first-order valence-electron chi connectivity index (χ1n) is 8.73. The minimum atomic E-state index is -0.360. The smallest absolute Gasteiger partial charge is 0.293 e. The Labute approximate surface area is 182 Å². The second-order valence-electron chi connectivity index (χ2n) is 6.41. The third-order valence-electron chi connectivity index (χ3n) is 4.64. The number of fused-ring (bicyclic) bond motifs is 1. The van der Waals surface area contributed by atoms with Crippen LogP contribution in [0.2, 0.25) is 10.0 Å². The number of methoxy groups -OCH3 is 1. The number of hydrogen-bond donors (Lipinski definition) is 0. The van der Waals surface area contributed by atoms with Gasteiger partial charge in [-0.05, 0) is 52.4 Å². The van der Waals surface area contributed by atoms with Crippen molar-refractivity contribution in [3.05, 3.63) is 80.7 Å². The summed E-state index contributed by atoms with van der Waals surface area (Å²) in [6.07, 6.45) is 1.72. The number of nitrogens with zero attached hydrogens (tertiary/aromatic N) is 1. The van der Waals surface area contributed by atoms with Gasteiger partial charge in [0, 0.05) is 15.6 Å².